The lowest BCUT2D eigenvalue weighted by Crippen LogP contribution is -2.33. The number of hydrogen-bond acceptors (Lipinski definition) is 4. The summed E-state index contributed by atoms with van der Waals surface area (Å²) < 4.78 is 0. The molecule has 1 aromatic rings. The molecule has 1 aliphatic rings. The largest absolute Gasteiger partial charge is 0.481 e. The number of nitrogens with one attached hydrogen (secondary N) is 1. The van der Waals surface area contributed by atoms with Gasteiger partial charge in [-0.15, -0.1) is 11.3 Å². The molecule has 1 heterocycles. The van der Waals surface area contributed by atoms with Gasteiger partial charge < -0.3 is 10.4 Å². The minimum Gasteiger partial charge on any atom is -0.481 e. The Morgan fingerprint density at radius 2 is 2.00 bits per heavy atom. The number of aliphatic carboxylic acids is 1. The molecule has 2 N–H and O–H groups in total. The molecule has 1 aromatic heterocycles. The number of aromatic nitrogens is 1. The third kappa shape index (κ3) is 3.61. The van der Waals surface area contributed by atoms with Crippen LogP contribution in [0, 0.1) is 12.8 Å². The van der Waals surface area contributed by atoms with E-state index in [4.69, 9.17) is 5.11 Å². The molecule has 1 fully saturated rings. The van der Waals surface area contributed by atoms with Crippen molar-refractivity contribution in [2.45, 2.75) is 58.4 Å². The van der Waals surface area contributed by atoms with Crippen LogP contribution in [-0.4, -0.2) is 28.0 Å². The van der Waals surface area contributed by atoms with Crippen molar-refractivity contribution in [1.29, 1.82) is 0 Å². The molecule has 0 bridgehead atoms. The van der Waals surface area contributed by atoms with Gasteiger partial charge in [-0.3, -0.25) is 9.59 Å². The van der Waals surface area contributed by atoms with Crippen LogP contribution in [0.2, 0.25) is 0 Å². The molecule has 0 radical (unpaired) electrons. The maximum absolute atomic E-state index is 12.4. The smallest absolute Gasteiger partial charge is 0.306 e. The molecule has 0 unspecified atom stereocenters. The summed E-state index contributed by atoms with van der Waals surface area (Å²) in [6, 6.07) is -0.0433. The van der Waals surface area contributed by atoms with E-state index in [9.17, 15) is 9.59 Å². The number of carboxylic acid groups (broad SMARTS) is 1. The van der Waals surface area contributed by atoms with Crippen LogP contribution in [0.4, 0.5) is 0 Å². The zero-order chi connectivity index (χ0) is 15.8. The van der Waals surface area contributed by atoms with Gasteiger partial charge in [0.25, 0.3) is 5.91 Å². The quantitative estimate of drug-likeness (QED) is 0.899. The number of thiazole rings is 1. The van der Waals surface area contributed by atoms with E-state index in [0.29, 0.717) is 17.7 Å². The molecule has 2 rings (SSSR count). The zero-order valence-corrected chi connectivity index (χ0v) is 13.7. The standard InChI is InChI=1S/C15H22N2O3S/c1-8-11(21-14(16-8)15(2,3)4)12(18)17-10-6-5-9(7-10)13(19)20/h9-10H,5-7H2,1-4H3,(H,17,18)(H,19,20)/t9-,10+/m1/s1. The molecule has 5 nitrogen and oxygen atoms in total. The van der Waals surface area contributed by atoms with E-state index in [2.05, 4.69) is 31.1 Å². The molecule has 0 spiro atoms. The lowest BCUT2D eigenvalue weighted by molar-refractivity contribution is -0.141. The summed E-state index contributed by atoms with van der Waals surface area (Å²) >= 11 is 1.43. The number of rotatable bonds is 3. The van der Waals surface area contributed by atoms with Crippen LogP contribution in [0.3, 0.4) is 0 Å². The predicted molar refractivity (Wildman–Crippen MR) is 81.8 cm³/mol. The fourth-order valence-electron chi connectivity index (χ4n) is 2.52. The molecule has 0 aromatic carbocycles. The van der Waals surface area contributed by atoms with Crippen molar-refractivity contribution in [2.24, 2.45) is 5.92 Å². The van der Waals surface area contributed by atoms with Crippen LogP contribution in [0.25, 0.3) is 0 Å². The highest BCUT2D eigenvalue weighted by Crippen LogP contribution is 2.30. The summed E-state index contributed by atoms with van der Waals surface area (Å²) in [5.41, 5.74) is 0.672. The Hall–Kier alpha value is -1.43. The normalized spacial score (nSPS) is 22.3. The molecule has 1 saturated carbocycles. The van der Waals surface area contributed by atoms with E-state index < -0.39 is 5.97 Å². The maximum atomic E-state index is 12.4. The number of amides is 1. The highest BCUT2D eigenvalue weighted by molar-refractivity contribution is 7.14. The zero-order valence-electron chi connectivity index (χ0n) is 12.9. The van der Waals surface area contributed by atoms with E-state index in [1.54, 1.807) is 0 Å². The Morgan fingerprint density at radius 1 is 1.33 bits per heavy atom. The highest BCUT2D eigenvalue weighted by Gasteiger charge is 2.31. The van der Waals surface area contributed by atoms with Crippen molar-refractivity contribution in [3.63, 3.8) is 0 Å². The first kappa shape index (κ1) is 15.9. The fraction of sp³-hybridized carbons (Fsp3) is 0.667. The van der Waals surface area contributed by atoms with Crippen molar-refractivity contribution in [3.05, 3.63) is 15.6 Å². The summed E-state index contributed by atoms with van der Waals surface area (Å²) in [4.78, 5) is 28.4. The Labute approximate surface area is 128 Å². The topological polar surface area (TPSA) is 79.3 Å². The van der Waals surface area contributed by atoms with E-state index in [1.807, 2.05) is 6.92 Å². The average Bonchev–Trinajstić information content (AvgIpc) is 2.94. The van der Waals surface area contributed by atoms with Crippen LogP contribution >= 0.6 is 11.3 Å². The van der Waals surface area contributed by atoms with Crippen LogP contribution < -0.4 is 5.32 Å². The third-order valence-corrected chi connectivity index (χ3v) is 5.34. The second-order valence-corrected chi connectivity index (χ2v) is 7.70. The van der Waals surface area contributed by atoms with Crippen LogP contribution in [0.1, 0.15) is 60.4 Å². The molecule has 0 aliphatic heterocycles. The first-order valence-electron chi connectivity index (χ1n) is 7.20. The van der Waals surface area contributed by atoms with Crippen molar-refractivity contribution in [3.8, 4) is 0 Å². The van der Waals surface area contributed by atoms with E-state index in [-0.39, 0.29) is 23.3 Å². The lowest BCUT2D eigenvalue weighted by atomic mass is 9.98. The van der Waals surface area contributed by atoms with Crippen molar-refractivity contribution in [2.75, 3.05) is 0 Å². The maximum Gasteiger partial charge on any atom is 0.306 e. The SMILES string of the molecule is Cc1nc(C(C)(C)C)sc1C(=O)N[C@H]1CC[C@@H](C(=O)O)C1. The number of carbonyl (C=O) groups is 2. The number of nitrogens with zero attached hydrogens (tertiary/aromatic N) is 1. The Kier molecular flexibility index (Phi) is 4.37. The molecule has 1 aliphatic carbocycles. The highest BCUT2D eigenvalue weighted by atomic mass is 32.1. The minimum atomic E-state index is -0.768. The Bertz CT molecular complexity index is 560. The van der Waals surface area contributed by atoms with Gasteiger partial charge in [0, 0.05) is 11.5 Å². The molecule has 2 atom stereocenters. The van der Waals surface area contributed by atoms with E-state index in [0.717, 1.165) is 17.1 Å². The predicted octanol–water partition coefficient (Wildman–Crippen LogP) is 2.73. The van der Waals surface area contributed by atoms with Gasteiger partial charge in [0.15, 0.2) is 0 Å². The molecular formula is C15H22N2O3S. The number of carbonyl (C=O) groups excluding carboxylic acids is 1. The Morgan fingerprint density at radius 3 is 2.48 bits per heavy atom. The number of carboxylic acids is 1. The van der Waals surface area contributed by atoms with Gasteiger partial charge in [0.05, 0.1) is 16.6 Å². The van der Waals surface area contributed by atoms with Gasteiger partial charge in [-0.2, -0.15) is 0 Å². The number of hydrogen-bond donors (Lipinski definition) is 2. The summed E-state index contributed by atoms with van der Waals surface area (Å²) in [5, 5.41) is 12.9. The van der Waals surface area contributed by atoms with Gasteiger partial charge in [-0.1, -0.05) is 20.8 Å². The van der Waals surface area contributed by atoms with Gasteiger partial charge in [0.2, 0.25) is 0 Å². The number of aryl methyl sites for hydroxylation is 1. The molecule has 116 valence electrons. The lowest BCUT2D eigenvalue weighted by Gasteiger charge is -2.13. The average molecular weight is 310 g/mol. The molecule has 6 heteroatoms. The van der Waals surface area contributed by atoms with Crippen LogP contribution in [-0.2, 0) is 10.2 Å². The summed E-state index contributed by atoms with van der Waals surface area (Å²) in [6.45, 7) is 8.06. The Balaban J connectivity index is 2.05. The molecule has 0 saturated heterocycles. The molecule has 21 heavy (non-hydrogen) atoms. The fourth-order valence-corrected chi connectivity index (χ4v) is 3.54. The van der Waals surface area contributed by atoms with Gasteiger partial charge >= 0.3 is 5.97 Å². The molecular weight excluding hydrogens is 288 g/mol. The van der Waals surface area contributed by atoms with E-state index in [1.165, 1.54) is 11.3 Å². The van der Waals surface area contributed by atoms with Crippen LogP contribution in [0.15, 0.2) is 0 Å². The monoisotopic (exact) mass is 310 g/mol. The van der Waals surface area contributed by atoms with Crippen molar-refractivity contribution < 1.29 is 14.7 Å². The molecule has 1 amide bonds. The summed E-state index contributed by atoms with van der Waals surface area (Å²) in [6.07, 6.45) is 1.88. The van der Waals surface area contributed by atoms with E-state index >= 15 is 0 Å². The van der Waals surface area contributed by atoms with Crippen molar-refractivity contribution in [1.82, 2.24) is 10.3 Å². The summed E-state index contributed by atoms with van der Waals surface area (Å²) in [5.74, 6) is -1.23. The second-order valence-electron chi connectivity index (χ2n) is 6.70. The van der Waals surface area contributed by atoms with Gasteiger partial charge in [0.1, 0.15) is 4.88 Å². The minimum absolute atomic E-state index is 0.0433. The third-order valence-electron chi connectivity index (χ3n) is 3.76. The first-order valence-corrected chi connectivity index (χ1v) is 8.01. The van der Waals surface area contributed by atoms with Crippen LogP contribution in [0.5, 0.6) is 0 Å². The van der Waals surface area contributed by atoms with Crippen molar-refractivity contribution >= 4 is 23.2 Å². The van der Waals surface area contributed by atoms with Gasteiger partial charge in [-0.25, -0.2) is 4.98 Å². The first-order chi connectivity index (χ1) is 9.68. The summed E-state index contributed by atoms with van der Waals surface area (Å²) in [7, 11) is 0. The van der Waals surface area contributed by atoms with Gasteiger partial charge in [-0.05, 0) is 26.2 Å². The second kappa shape index (κ2) is 5.75.